The van der Waals surface area contributed by atoms with Crippen LogP contribution in [0.1, 0.15) is 36.0 Å². The van der Waals surface area contributed by atoms with E-state index in [1.807, 2.05) is 36.4 Å². The van der Waals surface area contributed by atoms with E-state index >= 15 is 4.79 Å². The van der Waals surface area contributed by atoms with Crippen molar-refractivity contribution in [2.24, 2.45) is 27.2 Å². The number of hydrogen-bond donors (Lipinski definition) is 21. The van der Waals surface area contributed by atoms with Crippen LogP contribution >= 0.6 is 0 Å². The maximum atomic E-state index is 15.1. The summed E-state index contributed by atoms with van der Waals surface area (Å²) in [5, 5.41) is 157. The summed E-state index contributed by atoms with van der Waals surface area (Å²) < 4.78 is 40.4. The van der Waals surface area contributed by atoms with Crippen molar-refractivity contribution in [3.05, 3.63) is 108 Å². The molecule has 4 amide bonds. The molecule has 0 radical (unpaired) electrons. The number of benzene rings is 4. The number of aliphatic hydroxyl groups is 13. The van der Waals surface area contributed by atoms with Gasteiger partial charge in [0.25, 0.3) is 0 Å². The number of nitrogens with two attached hydrogens (primary N) is 3. The predicted molar refractivity (Wildman–Crippen MR) is 350 cm³/mol. The van der Waals surface area contributed by atoms with Gasteiger partial charge in [0, 0.05) is 12.3 Å². The minimum absolute atomic E-state index is 0.0375. The van der Waals surface area contributed by atoms with E-state index in [0.29, 0.717) is 17.7 Å². The third kappa shape index (κ3) is 17.9. The van der Waals surface area contributed by atoms with Gasteiger partial charge in [-0.15, -0.1) is 0 Å². The van der Waals surface area contributed by atoms with Gasteiger partial charge >= 0.3 is 0 Å². The first-order valence-corrected chi connectivity index (χ1v) is 32.6. The number of guanidine groups is 2. The lowest BCUT2D eigenvalue weighted by atomic mass is 9.89. The van der Waals surface area contributed by atoms with Crippen molar-refractivity contribution >= 4 is 52.6 Å². The Bertz CT molecular complexity index is 3500. The highest BCUT2D eigenvalue weighted by atomic mass is 16.7. The molecule has 101 heavy (non-hydrogen) atoms. The van der Waals surface area contributed by atoms with Crippen molar-refractivity contribution in [3.63, 3.8) is 0 Å². The summed E-state index contributed by atoms with van der Waals surface area (Å²) >= 11 is 0. The number of rotatable bonds is 31. The molecule has 0 bridgehead atoms. The lowest BCUT2D eigenvalue weighted by Crippen LogP contribution is -2.70. The van der Waals surface area contributed by atoms with Crippen molar-refractivity contribution in [2.45, 2.75) is 179 Å². The zero-order chi connectivity index (χ0) is 73.1. The quantitative estimate of drug-likeness (QED) is 0.0208. The number of methoxy groups -OCH3 is 1. The van der Waals surface area contributed by atoms with Gasteiger partial charge in [-0.1, -0.05) is 67.6 Å². The lowest BCUT2D eigenvalue weighted by molar-refractivity contribution is -0.353. The molecule has 4 aromatic rings. The lowest BCUT2D eigenvalue weighted by Gasteiger charge is -2.46. The van der Waals surface area contributed by atoms with Gasteiger partial charge < -0.3 is 153 Å². The summed E-state index contributed by atoms with van der Waals surface area (Å²) in [4.78, 5) is 79.7. The standard InChI is InChI=1S/C65H89N11O25/c1-3-36(30-7-5-4-6-8-30)43(66)58(92)72-37(57(91)74-44(46(81)38-20-69-64(67)73-38)60(94)75-45(59(93)71-33(22-77)23-78)47(82)39-21-70-65(68)76(39)61-53(88)50(85)48(83)40(24-79)98-61)18-28-10-14-34(15-11-28)97-62-55(90)52(87)56(41(25-80)99-62)101-63-54(89)51(86)49(84)42(100-63)27-96-26-29-9-12-32-19-35(95-2)16-13-31(32)17-29/h4-17,19,22,33,36-56,61-63,78-90H,3,18,20-21,23-27,66H2,1-2H3,(H2,68,70)(H,71,93)(H,72,92)(H,74,91)(H,75,94)(H3,67,69,73)/t33-,36?,37+,38?,39?,40?,41?,42?,43+,44+,45+,46?,47?,48?,49?,50?,51?,52?,53?,54?,55?,56?,61?,62?,63?/m1/s1. The number of aliphatic imine (C=N–C) groups is 2. The Labute approximate surface area is 577 Å². The molecule has 5 aliphatic rings. The van der Waals surface area contributed by atoms with Crippen LogP contribution in [0, 0.1) is 0 Å². The largest absolute Gasteiger partial charge is 0.497 e. The van der Waals surface area contributed by atoms with Crippen LogP contribution in [0.15, 0.2) is 101 Å². The average molecular weight is 1420 g/mol. The molecule has 20 unspecified atom stereocenters. The van der Waals surface area contributed by atoms with Crippen LogP contribution in [0.25, 0.3) is 10.8 Å². The van der Waals surface area contributed by atoms with E-state index < -0.39 is 215 Å². The second-order valence-electron chi connectivity index (χ2n) is 25.1. The number of nitrogens with zero attached hydrogens (tertiary/aromatic N) is 3. The molecule has 9 rings (SSSR count). The summed E-state index contributed by atoms with van der Waals surface area (Å²) in [6, 6.07) is 13.5. The number of carbonyl (C=O) groups is 5. The second-order valence-corrected chi connectivity index (χ2v) is 25.1. The van der Waals surface area contributed by atoms with Crippen LogP contribution in [0.4, 0.5) is 0 Å². The van der Waals surface area contributed by atoms with E-state index in [4.69, 9.17) is 50.4 Å². The minimum atomic E-state index is -2.26. The summed E-state index contributed by atoms with van der Waals surface area (Å²) in [5.74, 6) is -5.41. The van der Waals surface area contributed by atoms with Gasteiger partial charge in [0.15, 0.2) is 24.4 Å². The summed E-state index contributed by atoms with van der Waals surface area (Å²) in [5.41, 5.74) is 20.5. The molecular weight excluding hydrogens is 1330 g/mol. The van der Waals surface area contributed by atoms with E-state index in [1.165, 1.54) is 24.3 Å². The Hall–Kier alpha value is -7.93. The van der Waals surface area contributed by atoms with E-state index in [2.05, 4.69) is 36.6 Å². The van der Waals surface area contributed by atoms with Crippen LogP contribution in [-0.2, 0) is 60.7 Å². The van der Waals surface area contributed by atoms with Crippen molar-refractivity contribution in [1.29, 1.82) is 0 Å². The highest BCUT2D eigenvalue weighted by Gasteiger charge is 2.54. The Kier molecular flexibility index (Phi) is 26.6. The smallest absolute Gasteiger partial charge is 0.246 e. The summed E-state index contributed by atoms with van der Waals surface area (Å²) in [6.07, 6.45) is -30.6. The van der Waals surface area contributed by atoms with Crippen LogP contribution < -0.4 is 53.3 Å². The molecule has 0 saturated carbocycles. The van der Waals surface area contributed by atoms with E-state index in [0.717, 1.165) is 21.2 Å². The van der Waals surface area contributed by atoms with Crippen molar-refractivity contribution in [1.82, 2.24) is 31.5 Å². The average Bonchev–Trinajstić information content (AvgIpc) is 1.71. The van der Waals surface area contributed by atoms with Crippen LogP contribution in [-0.4, -0.2) is 306 Å². The molecule has 4 aromatic carbocycles. The summed E-state index contributed by atoms with van der Waals surface area (Å²) in [6.45, 7) is -2.00. The molecule has 36 heteroatoms. The van der Waals surface area contributed by atoms with E-state index in [1.54, 1.807) is 44.4 Å². The Balaban J connectivity index is 0.921. The van der Waals surface area contributed by atoms with Gasteiger partial charge in [0.2, 0.25) is 29.9 Å². The van der Waals surface area contributed by atoms with Crippen molar-refractivity contribution in [2.75, 3.05) is 46.6 Å². The topological polar surface area (TPSA) is 579 Å². The third-order valence-electron chi connectivity index (χ3n) is 18.4. The second kappa shape index (κ2) is 34.8. The van der Waals surface area contributed by atoms with Gasteiger partial charge in [-0.2, -0.15) is 0 Å². The molecule has 3 saturated heterocycles. The molecule has 554 valence electrons. The van der Waals surface area contributed by atoms with E-state index in [9.17, 15) is 85.6 Å². The number of carbonyl (C=O) groups excluding carboxylic acids is 5. The molecule has 3 fully saturated rings. The maximum absolute atomic E-state index is 15.1. The molecule has 0 aliphatic carbocycles. The van der Waals surface area contributed by atoms with Gasteiger partial charge in [-0.05, 0) is 64.2 Å². The van der Waals surface area contributed by atoms with Crippen LogP contribution in [0.2, 0.25) is 0 Å². The van der Waals surface area contributed by atoms with Crippen LogP contribution in [0.3, 0.4) is 0 Å². The number of amides is 4. The third-order valence-corrected chi connectivity index (χ3v) is 18.4. The fraction of sp³-hybridized carbons (Fsp3) is 0.554. The van der Waals surface area contributed by atoms with Gasteiger partial charge in [0.1, 0.15) is 127 Å². The molecule has 5 aliphatic heterocycles. The predicted octanol–water partition coefficient (Wildman–Crippen LogP) is -8.92. The zero-order valence-electron chi connectivity index (χ0n) is 54.8. The van der Waals surface area contributed by atoms with Gasteiger partial charge in [-0.3, -0.25) is 29.2 Å². The first-order chi connectivity index (χ1) is 48.3. The number of aldehydes is 1. The van der Waals surface area contributed by atoms with Crippen LogP contribution in [0.5, 0.6) is 11.5 Å². The first kappa shape index (κ1) is 77.2. The fourth-order valence-corrected chi connectivity index (χ4v) is 12.6. The Morgan fingerprint density at radius 3 is 1.93 bits per heavy atom. The number of ether oxygens (including phenoxy) is 7. The molecule has 25 atom stereocenters. The monoisotopic (exact) mass is 1420 g/mol. The SMILES string of the molecule is CCC(c1ccccc1)[C@H](N)C(=O)N[C@@H](Cc1ccc(OC2OC(CO)C(OC3OC(COCc4ccc5cc(OC)ccc5c4)C(O)C(O)C3O)C(O)C2O)cc1)C(=O)N[C@H](C(=O)N[C@H](C(=O)N[C@H](C=O)CO)C(O)C1CN=C(N)N1C1OC(CO)C(O)C(O)C1O)C(O)C1CN=C(N)N1. The number of fused-ring (bicyclic) bond motifs is 1. The molecule has 24 N–H and O–H groups in total. The maximum Gasteiger partial charge on any atom is 0.246 e. The summed E-state index contributed by atoms with van der Waals surface area (Å²) in [7, 11) is 1.56. The molecule has 0 spiro atoms. The highest BCUT2D eigenvalue weighted by molar-refractivity contribution is 5.96. The molecule has 36 nitrogen and oxygen atoms in total. The number of nitrogens with one attached hydrogen (secondary N) is 5. The Morgan fingerprint density at radius 1 is 0.663 bits per heavy atom. The van der Waals surface area contributed by atoms with Gasteiger partial charge in [0.05, 0.1) is 71.4 Å². The molecule has 0 aromatic heterocycles. The molecular formula is C65H89N11O25. The number of hydrogen-bond acceptors (Lipinski definition) is 32. The highest BCUT2D eigenvalue weighted by Crippen LogP contribution is 2.33. The Morgan fingerprint density at radius 2 is 1.28 bits per heavy atom. The normalized spacial score (nSPS) is 30.6. The fourth-order valence-electron chi connectivity index (χ4n) is 12.6. The van der Waals surface area contributed by atoms with Crippen molar-refractivity contribution in [3.8, 4) is 11.5 Å². The number of aliphatic hydroxyl groups excluding tert-OH is 13. The van der Waals surface area contributed by atoms with Gasteiger partial charge in [-0.25, -0.2) is 0 Å². The van der Waals surface area contributed by atoms with Crippen molar-refractivity contribution < 1.29 is 124 Å². The molecule has 5 heterocycles. The first-order valence-electron chi connectivity index (χ1n) is 32.6. The zero-order valence-corrected chi connectivity index (χ0v) is 54.8. The van der Waals surface area contributed by atoms with E-state index in [-0.39, 0.29) is 43.3 Å². The minimum Gasteiger partial charge on any atom is -0.497 e.